The van der Waals surface area contributed by atoms with E-state index >= 15 is 0 Å². The lowest BCUT2D eigenvalue weighted by Crippen LogP contribution is -2.35. The van der Waals surface area contributed by atoms with E-state index in [1.54, 1.807) is 12.4 Å². The van der Waals surface area contributed by atoms with Gasteiger partial charge in [-0.05, 0) is 26.3 Å². The Kier molecular flexibility index (Phi) is 4.08. The van der Waals surface area contributed by atoms with Crippen molar-refractivity contribution in [1.29, 1.82) is 0 Å². The molecule has 0 saturated heterocycles. The van der Waals surface area contributed by atoms with Crippen LogP contribution in [0.25, 0.3) is 0 Å². The number of H-pyrrole nitrogens is 1. The van der Waals surface area contributed by atoms with Gasteiger partial charge < -0.3 is 15.0 Å². The summed E-state index contributed by atoms with van der Waals surface area (Å²) < 4.78 is 5.30. The van der Waals surface area contributed by atoms with Crippen LogP contribution in [0.15, 0.2) is 42.7 Å². The van der Waals surface area contributed by atoms with Gasteiger partial charge in [0.2, 0.25) is 0 Å². The molecule has 2 N–H and O–H groups in total. The predicted molar refractivity (Wildman–Crippen MR) is 76.2 cm³/mol. The average molecular weight is 273 g/mol. The number of rotatable bonds is 3. The Hall–Kier alpha value is -2.30. The molecule has 1 amide bonds. The predicted octanol–water partition coefficient (Wildman–Crippen LogP) is 3.02. The Balaban J connectivity index is 2.19. The maximum absolute atomic E-state index is 12.0. The first-order valence-electron chi connectivity index (χ1n) is 6.49. The van der Waals surface area contributed by atoms with E-state index in [4.69, 9.17) is 4.74 Å². The Labute approximate surface area is 118 Å². The molecule has 0 unspecified atom stereocenters. The molecule has 1 atom stereocenters. The lowest BCUT2D eigenvalue weighted by Gasteiger charge is -2.23. The van der Waals surface area contributed by atoms with Crippen molar-refractivity contribution < 1.29 is 9.53 Å². The van der Waals surface area contributed by atoms with Crippen LogP contribution in [-0.4, -0.2) is 21.7 Å². The van der Waals surface area contributed by atoms with E-state index in [9.17, 15) is 4.79 Å². The fraction of sp³-hybridized carbons (Fsp3) is 0.333. The van der Waals surface area contributed by atoms with Crippen LogP contribution in [0.4, 0.5) is 4.79 Å². The second-order valence-corrected chi connectivity index (χ2v) is 5.46. The highest BCUT2D eigenvalue weighted by molar-refractivity contribution is 5.69. The van der Waals surface area contributed by atoms with Crippen LogP contribution in [0.5, 0.6) is 0 Å². The fourth-order valence-corrected chi connectivity index (χ4v) is 1.82. The van der Waals surface area contributed by atoms with Crippen LogP contribution in [0.2, 0.25) is 0 Å². The maximum Gasteiger partial charge on any atom is 0.408 e. The Morgan fingerprint density at radius 3 is 2.55 bits per heavy atom. The number of hydrogen-bond donors (Lipinski definition) is 2. The minimum atomic E-state index is -0.533. The van der Waals surface area contributed by atoms with Gasteiger partial charge in [0.15, 0.2) is 0 Å². The summed E-state index contributed by atoms with van der Waals surface area (Å²) >= 11 is 0. The molecular weight excluding hydrogens is 254 g/mol. The fourth-order valence-electron chi connectivity index (χ4n) is 1.82. The zero-order chi connectivity index (χ0) is 14.6. The molecule has 0 aliphatic heterocycles. The van der Waals surface area contributed by atoms with Crippen molar-refractivity contribution in [2.45, 2.75) is 32.4 Å². The molecule has 0 radical (unpaired) electrons. The van der Waals surface area contributed by atoms with Crippen LogP contribution < -0.4 is 5.32 Å². The number of nitrogens with zero attached hydrogens (tertiary/aromatic N) is 1. The minimum absolute atomic E-state index is 0.360. The first-order valence-corrected chi connectivity index (χ1v) is 6.49. The van der Waals surface area contributed by atoms with Gasteiger partial charge in [0, 0.05) is 12.4 Å². The third-order valence-electron chi connectivity index (χ3n) is 2.59. The van der Waals surface area contributed by atoms with Gasteiger partial charge in [0.1, 0.15) is 17.5 Å². The summed E-state index contributed by atoms with van der Waals surface area (Å²) in [5.41, 5.74) is 0.405. The van der Waals surface area contributed by atoms with Gasteiger partial charge in [-0.1, -0.05) is 30.3 Å². The largest absolute Gasteiger partial charge is 0.444 e. The van der Waals surface area contributed by atoms with Gasteiger partial charge >= 0.3 is 6.09 Å². The molecule has 0 aliphatic carbocycles. The normalized spacial score (nSPS) is 12.8. The molecule has 20 heavy (non-hydrogen) atoms. The molecule has 0 bridgehead atoms. The minimum Gasteiger partial charge on any atom is -0.444 e. The van der Waals surface area contributed by atoms with Crippen LogP contribution >= 0.6 is 0 Å². The molecule has 5 heteroatoms. The van der Waals surface area contributed by atoms with E-state index in [1.807, 2.05) is 51.1 Å². The number of benzene rings is 1. The zero-order valence-corrected chi connectivity index (χ0v) is 11.9. The summed E-state index contributed by atoms with van der Waals surface area (Å²) in [6, 6.07) is 9.27. The van der Waals surface area contributed by atoms with Crippen molar-refractivity contribution in [1.82, 2.24) is 15.3 Å². The monoisotopic (exact) mass is 273 g/mol. The molecule has 2 aromatic rings. The van der Waals surface area contributed by atoms with Crippen LogP contribution in [0, 0.1) is 0 Å². The smallest absolute Gasteiger partial charge is 0.408 e. The van der Waals surface area contributed by atoms with E-state index in [0.717, 1.165) is 5.56 Å². The van der Waals surface area contributed by atoms with Gasteiger partial charge in [-0.25, -0.2) is 9.78 Å². The number of carbonyl (C=O) groups is 1. The van der Waals surface area contributed by atoms with E-state index in [1.165, 1.54) is 0 Å². The molecule has 1 aromatic heterocycles. The van der Waals surface area contributed by atoms with Gasteiger partial charge in [-0.3, -0.25) is 0 Å². The summed E-state index contributed by atoms with van der Waals surface area (Å²) in [6.07, 6.45) is 2.91. The van der Waals surface area contributed by atoms with Gasteiger partial charge in [-0.15, -0.1) is 0 Å². The van der Waals surface area contributed by atoms with Crippen molar-refractivity contribution in [3.05, 3.63) is 54.1 Å². The van der Waals surface area contributed by atoms with Crippen molar-refractivity contribution in [2.24, 2.45) is 0 Å². The average Bonchev–Trinajstić information content (AvgIpc) is 2.88. The van der Waals surface area contributed by atoms with Crippen molar-refractivity contribution in [2.75, 3.05) is 0 Å². The number of aromatic amines is 1. The molecule has 1 heterocycles. The molecule has 106 valence electrons. The molecule has 2 rings (SSSR count). The Bertz CT molecular complexity index is 544. The molecule has 0 aliphatic rings. The number of alkyl carbamates (subject to hydrolysis) is 1. The van der Waals surface area contributed by atoms with Crippen molar-refractivity contribution in [3.63, 3.8) is 0 Å². The molecule has 0 spiro atoms. The van der Waals surface area contributed by atoms with E-state index in [2.05, 4.69) is 15.3 Å². The van der Waals surface area contributed by atoms with Gasteiger partial charge in [0.25, 0.3) is 0 Å². The van der Waals surface area contributed by atoms with Crippen molar-refractivity contribution >= 4 is 6.09 Å². The quantitative estimate of drug-likeness (QED) is 0.903. The zero-order valence-electron chi connectivity index (χ0n) is 11.9. The number of carbonyl (C=O) groups excluding carboxylic acids is 1. The highest BCUT2D eigenvalue weighted by Gasteiger charge is 2.22. The number of nitrogens with one attached hydrogen (secondary N) is 2. The number of ether oxygens (including phenoxy) is 1. The second kappa shape index (κ2) is 5.77. The number of imidazole rings is 1. The lowest BCUT2D eigenvalue weighted by atomic mass is 10.1. The molecular formula is C15H19N3O2. The van der Waals surface area contributed by atoms with E-state index in [0.29, 0.717) is 5.82 Å². The highest BCUT2D eigenvalue weighted by Crippen LogP contribution is 2.19. The molecule has 1 aromatic carbocycles. The van der Waals surface area contributed by atoms with Gasteiger partial charge in [0.05, 0.1) is 0 Å². The summed E-state index contributed by atoms with van der Waals surface area (Å²) in [6.45, 7) is 5.49. The molecule has 0 fully saturated rings. The number of hydrogen-bond acceptors (Lipinski definition) is 3. The van der Waals surface area contributed by atoms with E-state index in [-0.39, 0.29) is 6.04 Å². The summed E-state index contributed by atoms with van der Waals surface area (Å²) in [5, 5.41) is 2.84. The lowest BCUT2D eigenvalue weighted by molar-refractivity contribution is 0.0510. The van der Waals surface area contributed by atoms with Crippen LogP contribution in [-0.2, 0) is 4.74 Å². The second-order valence-electron chi connectivity index (χ2n) is 5.46. The van der Waals surface area contributed by atoms with Gasteiger partial charge in [-0.2, -0.15) is 0 Å². The number of amides is 1. The summed E-state index contributed by atoms with van der Waals surface area (Å²) in [4.78, 5) is 19.2. The number of aromatic nitrogens is 2. The third kappa shape index (κ3) is 3.85. The maximum atomic E-state index is 12.0. The molecule has 5 nitrogen and oxygen atoms in total. The standard InChI is InChI=1S/C15H19N3O2/c1-15(2,3)20-14(19)18-12(13-16-9-10-17-13)11-7-5-4-6-8-11/h4-10,12H,1-3H3,(H,16,17)(H,18,19)/t12-/m0/s1. The first kappa shape index (κ1) is 14.1. The summed E-state index contributed by atoms with van der Waals surface area (Å²) in [7, 11) is 0. The topological polar surface area (TPSA) is 67.0 Å². The Morgan fingerprint density at radius 1 is 1.30 bits per heavy atom. The van der Waals surface area contributed by atoms with Crippen molar-refractivity contribution in [3.8, 4) is 0 Å². The highest BCUT2D eigenvalue weighted by atomic mass is 16.6. The molecule has 0 saturated carbocycles. The summed E-state index contributed by atoms with van der Waals surface area (Å²) in [5.74, 6) is 0.669. The third-order valence-corrected chi connectivity index (χ3v) is 2.59. The van der Waals surface area contributed by atoms with Crippen LogP contribution in [0.3, 0.4) is 0 Å². The first-order chi connectivity index (χ1) is 9.46. The SMILES string of the molecule is CC(C)(C)OC(=O)N[C@@H](c1ccccc1)c1ncc[nH]1. The Morgan fingerprint density at radius 2 is 2.00 bits per heavy atom. The van der Waals surface area contributed by atoms with Crippen LogP contribution in [0.1, 0.15) is 38.2 Å². The van der Waals surface area contributed by atoms with E-state index < -0.39 is 11.7 Å².